The van der Waals surface area contributed by atoms with E-state index in [9.17, 15) is 4.79 Å². The van der Waals surface area contributed by atoms with E-state index in [4.69, 9.17) is 0 Å². The van der Waals surface area contributed by atoms with E-state index >= 15 is 0 Å². The summed E-state index contributed by atoms with van der Waals surface area (Å²) < 4.78 is 1.74. The van der Waals surface area contributed by atoms with Crippen LogP contribution in [0.15, 0.2) is 55.5 Å². The molecular formula is C19H22N8O. The van der Waals surface area contributed by atoms with E-state index in [0.717, 1.165) is 43.0 Å². The number of carbonyl (C=O) groups excluding carboxylic acids is 1. The minimum absolute atomic E-state index is 0.0640. The first kappa shape index (κ1) is 17.9. The summed E-state index contributed by atoms with van der Waals surface area (Å²) in [4.78, 5) is 27.0. The Labute approximate surface area is 162 Å². The van der Waals surface area contributed by atoms with Crippen molar-refractivity contribution in [3.05, 3.63) is 61.1 Å². The smallest absolute Gasteiger partial charge is 0.319 e. The summed E-state index contributed by atoms with van der Waals surface area (Å²) in [6.45, 7) is 2.24. The molecule has 0 unspecified atom stereocenters. The minimum atomic E-state index is -0.205. The molecule has 0 aliphatic carbocycles. The molecule has 2 aromatic heterocycles. The van der Waals surface area contributed by atoms with Crippen LogP contribution in [0.1, 0.15) is 18.4 Å². The van der Waals surface area contributed by atoms with Gasteiger partial charge in [0.2, 0.25) is 0 Å². The van der Waals surface area contributed by atoms with Gasteiger partial charge in [0, 0.05) is 37.2 Å². The molecule has 0 bridgehead atoms. The van der Waals surface area contributed by atoms with Crippen molar-refractivity contribution in [2.75, 3.05) is 23.3 Å². The van der Waals surface area contributed by atoms with Crippen molar-refractivity contribution in [2.24, 2.45) is 0 Å². The summed E-state index contributed by atoms with van der Waals surface area (Å²) in [5.74, 6) is 0.843. The fraction of sp³-hybridized carbons (Fsp3) is 0.316. The van der Waals surface area contributed by atoms with Gasteiger partial charge in [-0.15, -0.1) is 0 Å². The fourth-order valence-corrected chi connectivity index (χ4v) is 3.36. The molecule has 28 heavy (non-hydrogen) atoms. The zero-order valence-corrected chi connectivity index (χ0v) is 15.4. The highest BCUT2D eigenvalue weighted by molar-refractivity contribution is 5.89. The predicted molar refractivity (Wildman–Crippen MR) is 105 cm³/mol. The number of nitrogens with zero attached hydrogens (tertiary/aromatic N) is 6. The lowest BCUT2D eigenvalue weighted by Gasteiger charge is -2.33. The quantitative estimate of drug-likeness (QED) is 0.703. The second kappa shape index (κ2) is 8.47. The number of urea groups is 1. The molecular weight excluding hydrogens is 356 g/mol. The Bertz CT molecular complexity index is 899. The normalized spacial score (nSPS) is 16.6. The molecule has 9 heteroatoms. The number of rotatable bonds is 5. The molecule has 1 aromatic carbocycles. The van der Waals surface area contributed by atoms with Crippen molar-refractivity contribution in [2.45, 2.75) is 25.4 Å². The van der Waals surface area contributed by atoms with E-state index in [2.05, 4.69) is 35.6 Å². The summed E-state index contributed by atoms with van der Waals surface area (Å²) in [7, 11) is 0. The number of carbonyl (C=O) groups is 1. The van der Waals surface area contributed by atoms with E-state index in [1.807, 2.05) is 24.3 Å². The number of benzene rings is 1. The standard InChI is InChI=1S/C19H22N8O/c28-19(24-16-4-1-3-15(9-16)11-27-14-21-13-23-27)25-17-5-2-8-26(12-17)18-10-20-6-7-22-18/h1,3-4,6-7,9-10,13-14,17H,2,5,8,11-12H2,(H2,24,25,28)/t17-/m0/s1. The van der Waals surface area contributed by atoms with Crippen LogP contribution in [0.3, 0.4) is 0 Å². The fourth-order valence-electron chi connectivity index (χ4n) is 3.36. The largest absolute Gasteiger partial charge is 0.353 e. The Morgan fingerprint density at radius 3 is 3.04 bits per heavy atom. The van der Waals surface area contributed by atoms with Crippen molar-refractivity contribution in [1.29, 1.82) is 0 Å². The van der Waals surface area contributed by atoms with E-state index in [1.54, 1.807) is 29.6 Å². The lowest BCUT2D eigenvalue weighted by atomic mass is 10.1. The number of amides is 2. The molecule has 144 valence electrons. The second-order valence-electron chi connectivity index (χ2n) is 6.74. The topological polar surface area (TPSA) is 101 Å². The van der Waals surface area contributed by atoms with E-state index in [-0.39, 0.29) is 12.1 Å². The minimum Gasteiger partial charge on any atom is -0.353 e. The van der Waals surface area contributed by atoms with Crippen LogP contribution in [0.4, 0.5) is 16.3 Å². The monoisotopic (exact) mass is 378 g/mol. The Morgan fingerprint density at radius 2 is 2.21 bits per heavy atom. The van der Waals surface area contributed by atoms with Crippen molar-refractivity contribution in [3.63, 3.8) is 0 Å². The van der Waals surface area contributed by atoms with E-state index in [1.165, 1.54) is 6.33 Å². The van der Waals surface area contributed by atoms with Crippen LogP contribution >= 0.6 is 0 Å². The van der Waals surface area contributed by atoms with Gasteiger partial charge in [0.25, 0.3) is 0 Å². The molecule has 3 aromatic rings. The first-order valence-corrected chi connectivity index (χ1v) is 9.26. The molecule has 1 aliphatic heterocycles. The van der Waals surface area contributed by atoms with Gasteiger partial charge in [0.15, 0.2) is 0 Å². The Hall–Kier alpha value is -3.49. The summed E-state index contributed by atoms with van der Waals surface area (Å²) >= 11 is 0. The van der Waals surface area contributed by atoms with Crippen molar-refractivity contribution >= 4 is 17.5 Å². The Balaban J connectivity index is 1.33. The van der Waals surface area contributed by atoms with Gasteiger partial charge in [-0.05, 0) is 30.5 Å². The van der Waals surface area contributed by atoms with Gasteiger partial charge in [0.1, 0.15) is 18.5 Å². The zero-order valence-electron chi connectivity index (χ0n) is 15.4. The summed E-state index contributed by atoms with van der Waals surface area (Å²) in [5.41, 5.74) is 1.78. The van der Waals surface area contributed by atoms with Gasteiger partial charge < -0.3 is 15.5 Å². The SMILES string of the molecule is O=C(Nc1cccc(Cn2cncn2)c1)N[C@H]1CCCN(c2cnccn2)C1. The van der Waals surface area contributed by atoms with Crippen LogP contribution < -0.4 is 15.5 Å². The Kier molecular flexibility index (Phi) is 5.41. The Morgan fingerprint density at radius 1 is 1.25 bits per heavy atom. The van der Waals surface area contributed by atoms with Crippen LogP contribution in [-0.4, -0.2) is 49.9 Å². The molecule has 1 atom stereocenters. The van der Waals surface area contributed by atoms with Gasteiger partial charge in [-0.25, -0.2) is 19.4 Å². The van der Waals surface area contributed by atoms with Gasteiger partial charge >= 0.3 is 6.03 Å². The maximum atomic E-state index is 12.5. The van der Waals surface area contributed by atoms with Crippen molar-refractivity contribution < 1.29 is 4.79 Å². The van der Waals surface area contributed by atoms with Gasteiger partial charge in [-0.2, -0.15) is 5.10 Å². The van der Waals surface area contributed by atoms with E-state index < -0.39 is 0 Å². The highest BCUT2D eigenvalue weighted by atomic mass is 16.2. The third-order valence-corrected chi connectivity index (χ3v) is 4.63. The summed E-state index contributed by atoms with van der Waals surface area (Å²) in [6.07, 6.45) is 10.2. The number of aromatic nitrogens is 5. The third kappa shape index (κ3) is 4.61. The van der Waals surface area contributed by atoms with Crippen LogP contribution in [0.5, 0.6) is 0 Å². The number of hydrogen-bond donors (Lipinski definition) is 2. The average Bonchev–Trinajstić information content (AvgIpc) is 3.22. The second-order valence-corrected chi connectivity index (χ2v) is 6.74. The average molecular weight is 378 g/mol. The van der Waals surface area contributed by atoms with Crippen molar-refractivity contribution in [3.8, 4) is 0 Å². The van der Waals surface area contributed by atoms with Gasteiger partial charge in [-0.1, -0.05) is 12.1 Å². The molecule has 2 amide bonds. The molecule has 1 fully saturated rings. The lowest BCUT2D eigenvalue weighted by molar-refractivity contribution is 0.246. The molecule has 2 N–H and O–H groups in total. The summed E-state index contributed by atoms with van der Waals surface area (Å²) in [5, 5.41) is 10.1. The van der Waals surface area contributed by atoms with Gasteiger partial charge in [0.05, 0.1) is 12.7 Å². The summed E-state index contributed by atoms with van der Waals surface area (Å²) in [6, 6.07) is 7.58. The highest BCUT2D eigenvalue weighted by Gasteiger charge is 2.22. The third-order valence-electron chi connectivity index (χ3n) is 4.63. The van der Waals surface area contributed by atoms with Crippen LogP contribution in [-0.2, 0) is 6.54 Å². The molecule has 0 spiro atoms. The zero-order chi connectivity index (χ0) is 19.2. The van der Waals surface area contributed by atoms with E-state index in [0.29, 0.717) is 6.54 Å². The molecule has 0 saturated carbocycles. The number of hydrogen-bond acceptors (Lipinski definition) is 6. The van der Waals surface area contributed by atoms with Gasteiger partial charge in [-0.3, -0.25) is 4.98 Å². The maximum Gasteiger partial charge on any atom is 0.319 e. The van der Waals surface area contributed by atoms with Crippen LogP contribution in [0.2, 0.25) is 0 Å². The first-order chi connectivity index (χ1) is 13.8. The van der Waals surface area contributed by atoms with Crippen LogP contribution in [0, 0.1) is 0 Å². The molecule has 9 nitrogen and oxygen atoms in total. The van der Waals surface area contributed by atoms with Crippen LogP contribution in [0.25, 0.3) is 0 Å². The van der Waals surface area contributed by atoms with Crippen molar-refractivity contribution in [1.82, 2.24) is 30.0 Å². The molecule has 4 rings (SSSR count). The highest BCUT2D eigenvalue weighted by Crippen LogP contribution is 2.17. The predicted octanol–water partition coefficient (Wildman–Crippen LogP) is 1.91. The number of nitrogens with one attached hydrogen (secondary N) is 2. The molecule has 1 saturated heterocycles. The number of anilines is 2. The molecule has 0 radical (unpaired) electrons. The number of piperidine rings is 1. The maximum absolute atomic E-state index is 12.5. The molecule has 3 heterocycles. The lowest BCUT2D eigenvalue weighted by Crippen LogP contribution is -2.49. The molecule has 1 aliphatic rings. The first-order valence-electron chi connectivity index (χ1n) is 9.26.